The predicted octanol–water partition coefficient (Wildman–Crippen LogP) is 6.36. The number of rotatable bonds is 10. The molecule has 0 aliphatic rings. The Labute approximate surface area is 248 Å². The highest BCUT2D eigenvalue weighted by atomic mass is 35.5. The first-order valence-corrected chi connectivity index (χ1v) is 14.9. The van der Waals surface area contributed by atoms with E-state index in [1.54, 1.807) is 38.1 Å². The van der Waals surface area contributed by atoms with Crippen LogP contribution in [-0.4, -0.2) is 44.3 Å². The quantitative estimate of drug-likeness (QED) is 0.283. The topological polar surface area (TPSA) is 86.8 Å². The van der Waals surface area contributed by atoms with E-state index in [1.165, 1.54) is 41.3 Å². The van der Waals surface area contributed by atoms with Gasteiger partial charge in [0.15, 0.2) is 0 Å². The molecule has 0 saturated carbocycles. The van der Waals surface area contributed by atoms with Gasteiger partial charge < -0.3 is 10.2 Å². The summed E-state index contributed by atoms with van der Waals surface area (Å²) in [5.74, 6) is -1.04. The van der Waals surface area contributed by atoms with Crippen LogP contribution in [0.2, 0.25) is 20.1 Å². The lowest BCUT2D eigenvalue weighted by atomic mass is 10.1. The first kappa shape index (κ1) is 31.0. The lowest BCUT2D eigenvalue weighted by Gasteiger charge is -2.32. The lowest BCUT2D eigenvalue weighted by Crippen LogP contribution is -2.51. The summed E-state index contributed by atoms with van der Waals surface area (Å²) >= 11 is 24.7. The van der Waals surface area contributed by atoms with Crippen LogP contribution >= 0.6 is 46.4 Å². The van der Waals surface area contributed by atoms with E-state index in [0.717, 1.165) is 9.87 Å². The number of aryl methyl sites for hydroxylation is 1. The van der Waals surface area contributed by atoms with Crippen LogP contribution in [0.4, 0.5) is 5.69 Å². The monoisotopic (exact) mass is 629 g/mol. The molecule has 2 amide bonds. The molecule has 0 aliphatic carbocycles. The fraction of sp³-hybridized carbons (Fsp3) is 0.259. The van der Waals surface area contributed by atoms with Gasteiger partial charge in [-0.1, -0.05) is 70.2 Å². The number of carbonyl (C=O) groups excluding carboxylic acids is 2. The Hall–Kier alpha value is -2.49. The number of sulfonamides is 1. The average Bonchev–Trinajstić information content (AvgIpc) is 2.88. The number of anilines is 1. The number of amides is 2. The molecule has 3 aromatic carbocycles. The smallest absolute Gasteiger partial charge is 0.264 e. The number of benzene rings is 3. The van der Waals surface area contributed by atoms with Crippen LogP contribution in [0.1, 0.15) is 25.0 Å². The van der Waals surface area contributed by atoms with E-state index < -0.39 is 34.4 Å². The molecule has 0 aromatic heterocycles. The molecule has 0 fully saturated rings. The van der Waals surface area contributed by atoms with Crippen molar-refractivity contribution in [2.75, 3.05) is 17.4 Å². The Morgan fingerprint density at radius 3 is 2.15 bits per heavy atom. The van der Waals surface area contributed by atoms with Gasteiger partial charge in [0.1, 0.15) is 12.6 Å². The van der Waals surface area contributed by atoms with Gasteiger partial charge in [0.2, 0.25) is 11.8 Å². The second-order valence-electron chi connectivity index (χ2n) is 8.75. The number of hydrogen-bond donors (Lipinski definition) is 1. The molecule has 0 aliphatic heterocycles. The molecule has 0 radical (unpaired) electrons. The zero-order valence-electron chi connectivity index (χ0n) is 21.4. The minimum atomic E-state index is -4.23. The van der Waals surface area contributed by atoms with Gasteiger partial charge in [-0.15, -0.1) is 0 Å². The second kappa shape index (κ2) is 13.2. The summed E-state index contributed by atoms with van der Waals surface area (Å²) in [6.07, 6.45) is 0. The minimum absolute atomic E-state index is 0.0176. The van der Waals surface area contributed by atoms with E-state index in [2.05, 4.69) is 5.32 Å². The van der Waals surface area contributed by atoms with Gasteiger partial charge in [-0.2, -0.15) is 0 Å². The Morgan fingerprint density at radius 1 is 0.897 bits per heavy atom. The number of hydrogen-bond acceptors (Lipinski definition) is 4. The van der Waals surface area contributed by atoms with Gasteiger partial charge in [-0.25, -0.2) is 8.42 Å². The number of halogens is 4. The van der Waals surface area contributed by atoms with E-state index >= 15 is 0 Å². The van der Waals surface area contributed by atoms with Crippen LogP contribution < -0.4 is 9.62 Å². The molecule has 208 valence electrons. The largest absolute Gasteiger partial charge is 0.355 e. The lowest BCUT2D eigenvalue weighted by molar-refractivity contribution is -0.139. The zero-order valence-corrected chi connectivity index (χ0v) is 25.3. The summed E-state index contributed by atoms with van der Waals surface area (Å²) in [6.45, 7) is 4.82. The Morgan fingerprint density at radius 2 is 1.56 bits per heavy atom. The van der Waals surface area contributed by atoms with Gasteiger partial charge in [0.05, 0.1) is 20.6 Å². The molecule has 7 nitrogen and oxygen atoms in total. The van der Waals surface area contributed by atoms with Gasteiger partial charge in [-0.05, 0) is 68.8 Å². The standard InChI is InChI=1S/C27H27Cl4N3O4S/c1-4-32-27(36)18(3)33(15-19-7-8-20(28)13-24(19)30)26(35)16-34(21-9-12-23(29)25(31)14-21)39(37,38)22-10-5-17(2)6-11-22/h5-14,18H,4,15-16H2,1-3H3,(H,32,36)/t18-/m1/s1. The van der Waals surface area contributed by atoms with E-state index in [4.69, 9.17) is 46.4 Å². The van der Waals surface area contributed by atoms with Crippen molar-refractivity contribution >= 4 is 73.9 Å². The maximum Gasteiger partial charge on any atom is 0.264 e. The molecular weight excluding hydrogens is 604 g/mol. The van der Waals surface area contributed by atoms with Crippen LogP contribution in [0.3, 0.4) is 0 Å². The third-order valence-corrected chi connectivity index (χ3v) is 9.07. The summed E-state index contributed by atoms with van der Waals surface area (Å²) in [6, 6.07) is 14.4. The van der Waals surface area contributed by atoms with E-state index in [-0.39, 0.29) is 27.2 Å². The Balaban J connectivity index is 2.07. The van der Waals surface area contributed by atoms with Crippen LogP contribution in [0, 0.1) is 6.92 Å². The van der Waals surface area contributed by atoms with Crippen LogP contribution in [-0.2, 0) is 26.2 Å². The third kappa shape index (κ3) is 7.58. The van der Waals surface area contributed by atoms with E-state index in [1.807, 2.05) is 6.92 Å². The van der Waals surface area contributed by atoms with Crippen molar-refractivity contribution in [1.29, 1.82) is 0 Å². The van der Waals surface area contributed by atoms with Gasteiger partial charge >= 0.3 is 0 Å². The van der Waals surface area contributed by atoms with Crippen molar-refractivity contribution in [2.45, 2.75) is 38.3 Å². The van der Waals surface area contributed by atoms with Crippen molar-refractivity contribution in [3.63, 3.8) is 0 Å². The van der Waals surface area contributed by atoms with Crippen molar-refractivity contribution in [2.24, 2.45) is 0 Å². The average molecular weight is 631 g/mol. The Kier molecular flexibility index (Phi) is 10.5. The molecular formula is C27H27Cl4N3O4S. The summed E-state index contributed by atoms with van der Waals surface area (Å²) in [5, 5.41) is 3.75. The highest BCUT2D eigenvalue weighted by Crippen LogP contribution is 2.31. The third-order valence-electron chi connectivity index (χ3n) is 5.95. The van der Waals surface area contributed by atoms with E-state index in [0.29, 0.717) is 22.2 Å². The summed E-state index contributed by atoms with van der Waals surface area (Å²) in [7, 11) is -4.23. The normalized spacial score (nSPS) is 12.1. The van der Waals surface area contributed by atoms with Crippen LogP contribution in [0.15, 0.2) is 65.6 Å². The first-order chi connectivity index (χ1) is 18.3. The molecule has 0 unspecified atom stereocenters. The molecule has 0 heterocycles. The van der Waals surface area contributed by atoms with Crippen LogP contribution in [0.25, 0.3) is 0 Å². The fourth-order valence-corrected chi connectivity index (χ4v) is 5.91. The number of carbonyl (C=O) groups is 2. The molecule has 12 heteroatoms. The van der Waals surface area contributed by atoms with Crippen molar-refractivity contribution in [3.05, 3.63) is 91.9 Å². The summed E-state index contributed by atoms with van der Waals surface area (Å²) in [5.41, 5.74) is 1.54. The molecule has 39 heavy (non-hydrogen) atoms. The zero-order chi connectivity index (χ0) is 28.9. The van der Waals surface area contributed by atoms with Crippen molar-refractivity contribution in [3.8, 4) is 0 Å². The SMILES string of the molecule is CCNC(=O)[C@@H](C)N(Cc1ccc(Cl)cc1Cl)C(=O)CN(c1ccc(Cl)c(Cl)c1)S(=O)(=O)c1ccc(C)cc1. The number of nitrogens with zero attached hydrogens (tertiary/aromatic N) is 2. The fourth-order valence-electron chi connectivity index (χ4n) is 3.74. The maximum atomic E-state index is 13.9. The molecule has 3 aromatic rings. The van der Waals surface area contributed by atoms with Crippen LogP contribution in [0.5, 0.6) is 0 Å². The molecule has 0 bridgehead atoms. The predicted molar refractivity (Wildman–Crippen MR) is 157 cm³/mol. The summed E-state index contributed by atoms with van der Waals surface area (Å²) < 4.78 is 28.6. The second-order valence-corrected chi connectivity index (χ2v) is 12.3. The van der Waals surface area contributed by atoms with E-state index in [9.17, 15) is 18.0 Å². The first-order valence-electron chi connectivity index (χ1n) is 11.9. The Bertz CT molecular complexity index is 1470. The summed E-state index contributed by atoms with van der Waals surface area (Å²) in [4.78, 5) is 27.9. The highest BCUT2D eigenvalue weighted by Gasteiger charge is 2.33. The van der Waals surface area contributed by atoms with Gasteiger partial charge in [0, 0.05) is 23.1 Å². The molecule has 3 rings (SSSR count). The highest BCUT2D eigenvalue weighted by molar-refractivity contribution is 7.92. The molecule has 1 atom stereocenters. The van der Waals surface area contributed by atoms with Gasteiger partial charge in [-0.3, -0.25) is 13.9 Å². The number of likely N-dealkylation sites (N-methyl/N-ethyl adjacent to an activating group) is 1. The molecule has 0 saturated heterocycles. The molecule has 0 spiro atoms. The number of nitrogens with one attached hydrogen (secondary N) is 1. The van der Waals surface area contributed by atoms with Crippen molar-refractivity contribution < 1.29 is 18.0 Å². The van der Waals surface area contributed by atoms with Gasteiger partial charge in [0.25, 0.3) is 10.0 Å². The molecule has 1 N–H and O–H groups in total. The minimum Gasteiger partial charge on any atom is -0.355 e. The maximum absolute atomic E-state index is 13.9. The van der Waals surface area contributed by atoms with Crippen molar-refractivity contribution in [1.82, 2.24) is 10.2 Å².